The highest BCUT2D eigenvalue weighted by Crippen LogP contribution is 2.32. The van der Waals surface area contributed by atoms with Crippen LogP contribution in [0.15, 0.2) is 72.8 Å². The average Bonchev–Trinajstić information content (AvgIpc) is 2.82. The lowest BCUT2D eigenvalue weighted by molar-refractivity contribution is -0.185. The first-order chi connectivity index (χ1) is 16.7. The van der Waals surface area contributed by atoms with Crippen LogP contribution >= 0.6 is 0 Å². The van der Waals surface area contributed by atoms with Gasteiger partial charge in [-0.1, -0.05) is 12.1 Å². The van der Waals surface area contributed by atoms with Crippen LogP contribution in [-0.2, 0) is 22.2 Å². The van der Waals surface area contributed by atoms with Crippen LogP contribution in [0.4, 0.5) is 20.2 Å². The molecule has 0 aliphatic carbocycles. The summed E-state index contributed by atoms with van der Waals surface area (Å²) in [6.07, 6.45) is -0.661. The first-order valence-electron chi connectivity index (χ1n) is 10.5. The second-order valence-corrected chi connectivity index (χ2v) is 7.42. The number of hydrogen-bond donors (Lipinski definition) is 2. The highest BCUT2D eigenvalue weighted by molar-refractivity contribution is 5.87. The standard InChI is InChI=1S/C26H23F2N3O4/c27-26(28,20-5-9-23(10-6-20)33-13-1-12-29)35-24-7-2-18(3-8-24)4-11-25(32)34-17-19-14-21(30)16-22(31)15-19/h2-11,14-16H,1,13,17,30-31H2/b11-4+. The van der Waals surface area contributed by atoms with Gasteiger partial charge in [0.15, 0.2) is 0 Å². The molecule has 3 aromatic rings. The lowest BCUT2D eigenvalue weighted by Gasteiger charge is -2.18. The summed E-state index contributed by atoms with van der Waals surface area (Å²) in [6, 6.07) is 17.8. The highest BCUT2D eigenvalue weighted by Gasteiger charge is 2.34. The Morgan fingerprint density at radius 3 is 2.23 bits per heavy atom. The van der Waals surface area contributed by atoms with Gasteiger partial charge in [0.1, 0.15) is 24.7 Å². The molecule has 0 fully saturated rings. The maximum absolute atomic E-state index is 14.5. The summed E-state index contributed by atoms with van der Waals surface area (Å²) >= 11 is 0. The van der Waals surface area contributed by atoms with Gasteiger partial charge in [0, 0.05) is 17.5 Å². The van der Waals surface area contributed by atoms with Crippen LogP contribution in [-0.4, -0.2) is 12.6 Å². The number of hydrogen-bond acceptors (Lipinski definition) is 7. The zero-order valence-electron chi connectivity index (χ0n) is 18.6. The number of rotatable bonds is 10. The number of esters is 1. The fourth-order valence-corrected chi connectivity index (χ4v) is 3.01. The fraction of sp³-hybridized carbons (Fsp3) is 0.154. The van der Waals surface area contributed by atoms with Crippen LogP contribution in [0.2, 0.25) is 0 Å². The number of halogens is 2. The molecule has 0 amide bonds. The van der Waals surface area contributed by atoms with E-state index in [2.05, 4.69) is 0 Å². The maximum atomic E-state index is 14.5. The molecule has 0 unspecified atom stereocenters. The fourth-order valence-electron chi connectivity index (χ4n) is 3.01. The van der Waals surface area contributed by atoms with Crippen molar-refractivity contribution in [2.24, 2.45) is 0 Å². The molecular formula is C26H23F2N3O4. The minimum atomic E-state index is -3.57. The van der Waals surface area contributed by atoms with Gasteiger partial charge in [-0.05, 0) is 71.8 Å². The molecule has 0 saturated carbocycles. The molecule has 0 radical (unpaired) electrons. The van der Waals surface area contributed by atoms with E-state index >= 15 is 0 Å². The summed E-state index contributed by atoms with van der Waals surface area (Å²) in [5.41, 5.74) is 13.2. The van der Waals surface area contributed by atoms with Crippen LogP contribution in [0.3, 0.4) is 0 Å². The Balaban J connectivity index is 1.53. The summed E-state index contributed by atoms with van der Waals surface area (Å²) in [6.45, 7) is 0.186. The second kappa shape index (κ2) is 11.5. The molecule has 0 aromatic heterocycles. The number of alkyl halides is 2. The van der Waals surface area contributed by atoms with Crippen molar-refractivity contribution in [1.29, 1.82) is 5.26 Å². The van der Waals surface area contributed by atoms with Gasteiger partial charge >= 0.3 is 12.1 Å². The van der Waals surface area contributed by atoms with Gasteiger partial charge in [-0.3, -0.25) is 0 Å². The molecule has 4 N–H and O–H groups in total. The normalized spacial score (nSPS) is 11.1. The van der Waals surface area contributed by atoms with Crippen molar-refractivity contribution in [3.8, 4) is 17.6 Å². The summed E-state index contributed by atoms with van der Waals surface area (Å²) in [4.78, 5) is 12.0. The van der Waals surface area contributed by atoms with Crippen LogP contribution in [0.25, 0.3) is 6.08 Å². The molecule has 3 rings (SSSR count). The third-order valence-electron chi connectivity index (χ3n) is 4.63. The van der Waals surface area contributed by atoms with Crippen molar-refractivity contribution >= 4 is 23.4 Å². The third kappa shape index (κ3) is 7.75. The number of benzene rings is 3. The number of carbonyl (C=O) groups excluding carboxylic acids is 1. The van der Waals surface area contributed by atoms with Crippen molar-refractivity contribution in [3.63, 3.8) is 0 Å². The van der Waals surface area contributed by atoms with Crippen molar-refractivity contribution in [2.75, 3.05) is 18.1 Å². The van der Waals surface area contributed by atoms with Gasteiger partial charge in [0.2, 0.25) is 0 Å². The van der Waals surface area contributed by atoms with E-state index in [1.54, 1.807) is 18.2 Å². The SMILES string of the molecule is N#CCCOc1ccc(C(F)(F)Oc2ccc(/C=C/C(=O)OCc3cc(N)cc(N)c3)cc2)cc1. The molecule has 35 heavy (non-hydrogen) atoms. The van der Waals surface area contributed by atoms with Gasteiger partial charge < -0.3 is 25.7 Å². The Kier molecular flexibility index (Phi) is 8.24. The first-order valence-corrected chi connectivity index (χ1v) is 10.5. The summed E-state index contributed by atoms with van der Waals surface area (Å²) in [5, 5.41) is 8.51. The molecule has 0 spiro atoms. The molecule has 0 aliphatic heterocycles. The number of nitrogens with zero attached hydrogens (tertiary/aromatic N) is 1. The minimum Gasteiger partial charge on any atom is -0.493 e. The quantitative estimate of drug-likeness (QED) is 0.181. The van der Waals surface area contributed by atoms with Crippen LogP contribution in [0, 0.1) is 11.3 Å². The van der Waals surface area contributed by atoms with Gasteiger partial charge in [-0.15, -0.1) is 0 Å². The van der Waals surface area contributed by atoms with E-state index < -0.39 is 12.1 Å². The Morgan fingerprint density at radius 2 is 1.60 bits per heavy atom. The zero-order valence-corrected chi connectivity index (χ0v) is 18.6. The third-order valence-corrected chi connectivity index (χ3v) is 4.63. The van der Waals surface area contributed by atoms with Gasteiger partial charge in [0.25, 0.3) is 0 Å². The molecule has 7 nitrogen and oxygen atoms in total. The molecule has 0 aliphatic rings. The zero-order chi connectivity index (χ0) is 25.3. The highest BCUT2D eigenvalue weighted by atomic mass is 19.3. The van der Waals surface area contributed by atoms with Crippen molar-refractivity contribution in [2.45, 2.75) is 19.1 Å². The number of anilines is 2. The molecule has 3 aromatic carbocycles. The number of nitriles is 1. The molecule has 9 heteroatoms. The lowest BCUT2D eigenvalue weighted by atomic mass is 10.2. The van der Waals surface area contributed by atoms with Crippen molar-refractivity contribution in [3.05, 3.63) is 89.5 Å². The number of ether oxygens (including phenoxy) is 3. The summed E-state index contributed by atoms with van der Waals surface area (Å²) < 4.78 is 44.3. The van der Waals surface area contributed by atoms with Gasteiger partial charge in [0.05, 0.1) is 18.1 Å². The summed E-state index contributed by atoms with van der Waals surface area (Å²) in [7, 11) is 0. The van der Waals surface area contributed by atoms with E-state index in [9.17, 15) is 13.6 Å². The number of nitrogen functional groups attached to an aromatic ring is 2. The lowest BCUT2D eigenvalue weighted by Crippen LogP contribution is -2.21. The molecule has 180 valence electrons. The van der Waals surface area contributed by atoms with E-state index in [0.717, 1.165) is 0 Å². The van der Waals surface area contributed by atoms with Crippen molar-refractivity contribution < 1.29 is 27.8 Å². The first kappa shape index (κ1) is 25.1. The van der Waals surface area contributed by atoms with Gasteiger partial charge in [-0.2, -0.15) is 14.0 Å². The second-order valence-electron chi connectivity index (χ2n) is 7.42. The van der Waals surface area contributed by atoms with Crippen molar-refractivity contribution in [1.82, 2.24) is 0 Å². The number of carbonyl (C=O) groups is 1. The number of nitrogens with two attached hydrogens (primary N) is 2. The molecule has 0 bridgehead atoms. The van der Waals surface area contributed by atoms with Crippen LogP contribution in [0.5, 0.6) is 11.5 Å². The Hall–Kier alpha value is -4.58. The Labute approximate surface area is 201 Å². The maximum Gasteiger partial charge on any atom is 0.426 e. The minimum absolute atomic E-state index is 0.00719. The molecule has 0 heterocycles. The summed E-state index contributed by atoms with van der Waals surface area (Å²) in [5.74, 6) is -0.257. The van der Waals surface area contributed by atoms with Crippen LogP contribution < -0.4 is 20.9 Å². The van der Waals surface area contributed by atoms with E-state index in [0.29, 0.717) is 28.3 Å². The smallest absolute Gasteiger partial charge is 0.426 e. The van der Waals surface area contributed by atoms with E-state index in [-0.39, 0.29) is 30.9 Å². The molecule has 0 atom stereocenters. The Bertz CT molecular complexity index is 1200. The Morgan fingerprint density at radius 1 is 0.971 bits per heavy atom. The monoisotopic (exact) mass is 479 g/mol. The van der Waals surface area contributed by atoms with E-state index in [4.69, 9.17) is 30.9 Å². The van der Waals surface area contributed by atoms with Gasteiger partial charge in [-0.25, -0.2) is 4.79 Å². The topological polar surface area (TPSA) is 121 Å². The largest absolute Gasteiger partial charge is 0.493 e. The predicted molar refractivity (Wildman–Crippen MR) is 127 cm³/mol. The predicted octanol–water partition coefficient (Wildman–Crippen LogP) is 5.03. The van der Waals surface area contributed by atoms with Crippen LogP contribution in [0.1, 0.15) is 23.1 Å². The van der Waals surface area contributed by atoms with E-state index in [1.165, 1.54) is 60.7 Å². The molecule has 0 saturated heterocycles. The molecular weight excluding hydrogens is 456 g/mol. The van der Waals surface area contributed by atoms with E-state index in [1.807, 2.05) is 6.07 Å². The average molecular weight is 479 g/mol.